The summed E-state index contributed by atoms with van der Waals surface area (Å²) in [6, 6.07) is 5.66. The highest BCUT2D eigenvalue weighted by Crippen LogP contribution is 2.32. The number of ether oxygens (including phenoxy) is 1. The lowest BCUT2D eigenvalue weighted by molar-refractivity contribution is -0.140. The van der Waals surface area contributed by atoms with E-state index in [1.165, 1.54) is 0 Å². The summed E-state index contributed by atoms with van der Waals surface area (Å²) < 4.78 is 35.8. The smallest absolute Gasteiger partial charge is 0.308 e. The van der Waals surface area contributed by atoms with E-state index < -0.39 is 10.1 Å². The fourth-order valence-corrected chi connectivity index (χ4v) is 4.66. The van der Waals surface area contributed by atoms with Gasteiger partial charge >= 0.3 is 10.1 Å². The van der Waals surface area contributed by atoms with Crippen molar-refractivity contribution in [3.63, 3.8) is 0 Å². The summed E-state index contributed by atoms with van der Waals surface area (Å²) in [5.74, 6) is 0.409. The third kappa shape index (κ3) is 6.13. The van der Waals surface area contributed by atoms with E-state index in [-0.39, 0.29) is 23.7 Å². The van der Waals surface area contributed by atoms with E-state index in [9.17, 15) is 13.2 Å². The molecule has 1 aliphatic carbocycles. The molecule has 1 amide bonds. The summed E-state index contributed by atoms with van der Waals surface area (Å²) in [6.45, 7) is 8.88. The van der Waals surface area contributed by atoms with Crippen molar-refractivity contribution in [2.45, 2.75) is 65.5 Å². The van der Waals surface area contributed by atoms with Crippen molar-refractivity contribution in [2.75, 3.05) is 36.9 Å². The SMILES string of the molecule is CCN(CC)c1ccc(CN(C[C@H]2CCCO2)C(=O)C2CCC2)c(OS(=O)(=O)CC)c1. The molecule has 1 aliphatic heterocycles. The monoisotopic (exact) mass is 452 g/mol. The molecule has 0 bridgehead atoms. The summed E-state index contributed by atoms with van der Waals surface area (Å²) in [7, 11) is -3.69. The van der Waals surface area contributed by atoms with Gasteiger partial charge < -0.3 is 18.7 Å². The summed E-state index contributed by atoms with van der Waals surface area (Å²) in [5, 5.41) is 0. The molecule has 0 unspecified atom stereocenters. The number of hydrogen-bond donors (Lipinski definition) is 0. The van der Waals surface area contributed by atoms with Crippen LogP contribution in [-0.2, 0) is 26.2 Å². The number of amides is 1. The van der Waals surface area contributed by atoms with Crippen molar-refractivity contribution >= 4 is 21.7 Å². The number of anilines is 1. The number of carbonyl (C=O) groups is 1. The van der Waals surface area contributed by atoms with Gasteiger partial charge in [-0.1, -0.05) is 12.5 Å². The van der Waals surface area contributed by atoms with Gasteiger partial charge in [0, 0.05) is 56.0 Å². The van der Waals surface area contributed by atoms with Crippen LogP contribution in [0.2, 0.25) is 0 Å². The maximum absolute atomic E-state index is 13.1. The Kier molecular flexibility index (Phi) is 8.22. The van der Waals surface area contributed by atoms with Crippen LogP contribution in [0.4, 0.5) is 5.69 Å². The van der Waals surface area contributed by atoms with E-state index in [0.717, 1.165) is 57.5 Å². The molecule has 0 aromatic heterocycles. The zero-order chi connectivity index (χ0) is 22.4. The van der Waals surface area contributed by atoms with Gasteiger partial charge in [-0.15, -0.1) is 0 Å². The number of benzene rings is 1. The molecule has 1 heterocycles. The first kappa shape index (κ1) is 23.9. The van der Waals surface area contributed by atoms with Crippen molar-refractivity contribution in [1.29, 1.82) is 0 Å². The fraction of sp³-hybridized carbons (Fsp3) is 0.696. The minimum Gasteiger partial charge on any atom is -0.382 e. The molecule has 0 spiro atoms. The molecule has 0 N–H and O–H groups in total. The molecule has 8 heteroatoms. The quantitative estimate of drug-likeness (QED) is 0.478. The lowest BCUT2D eigenvalue weighted by Crippen LogP contribution is -2.42. The molecule has 1 saturated carbocycles. The van der Waals surface area contributed by atoms with Gasteiger partial charge in [-0.3, -0.25) is 4.79 Å². The van der Waals surface area contributed by atoms with E-state index >= 15 is 0 Å². The highest BCUT2D eigenvalue weighted by molar-refractivity contribution is 7.87. The van der Waals surface area contributed by atoms with Gasteiger partial charge in [0.15, 0.2) is 0 Å². The maximum atomic E-state index is 13.1. The van der Waals surface area contributed by atoms with Crippen LogP contribution in [0, 0.1) is 5.92 Å². The van der Waals surface area contributed by atoms with Gasteiger partial charge in [-0.2, -0.15) is 8.42 Å². The summed E-state index contributed by atoms with van der Waals surface area (Å²) in [6.07, 6.45) is 4.94. The Balaban J connectivity index is 1.89. The lowest BCUT2D eigenvalue weighted by atomic mass is 9.84. The Morgan fingerprint density at radius 1 is 1.13 bits per heavy atom. The van der Waals surface area contributed by atoms with E-state index in [1.807, 2.05) is 17.0 Å². The highest BCUT2D eigenvalue weighted by atomic mass is 32.2. The third-order valence-electron chi connectivity index (χ3n) is 6.32. The van der Waals surface area contributed by atoms with Crippen molar-refractivity contribution in [3.05, 3.63) is 23.8 Å². The largest absolute Gasteiger partial charge is 0.382 e. The maximum Gasteiger partial charge on any atom is 0.308 e. The van der Waals surface area contributed by atoms with Gasteiger partial charge in [0.1, 0.15) is 5.75 Å². The first-order valence-electron chi connectivity index (χ1n) is 11.6. The molecular formula is C23H36N2O5S. The van der Waals surface area contributed by atoms with E-state index in [1.54, 1.807) is 13.0 Å². The van der Waals surface area contributed by atoms with Crippen LogP contribution < -0.4 is 9.08 Å². The van der Waals surface area contributed by atoms with E-state index in [2.05, 4.69) is 18.7 Å². The second kappa shape index (κ2) is 10.7. The van der Waals surface area contributed by atoms with Crippen LogP contribution in [0.3, 0.4) is 0 Å². The zero-order valence-corrected chi connectivity index (χ0v) is 19.8. The van der Waals surface area contributed by atoms with Gasteiger partial charge in [-0.05, 0) is 52.5 Å². The minimum absolute atomic E-state index is 0.0442. The second-order valence-electron chi connectivity index (χ2n) is 8.38. The molecule has 3 rings (SSSR count). The van der Waals surface area contributed by atoms with Crippen molar-refractivity contribution in [1.82, 2.24) is 4.90 Å². The number of hydrogen-bond acceptors (Lipinski definition) is 6. The average Bonchev–Trinajstić information content (AvgIpc) is 3.21. The number of rotatable bonds is 11. The lowest BCUT2D eigenvalue weighted by Gasteiger charge is -2.33. The molecule has 31 heavy (non-hydrogen) atoms. The molecule has 2 fully saturated rings. The number of carbonyl (C=O) groups excluding carboxylic acids is 1. The van der Waals surface area contributed by atoms with Gasteiger partial charge in [0.05, 0.1) is 11.9 Å². The normalized spacial score (nSPS) is 19.1. The fourth-order valence-electron chi connectivity index (χ4n) is 4.12. The van der Waals surface area contributed by atoms with Gasteiger partial charge in [0.2, 0.25) is 5.91 Å². The summed E-state index contributed by atoms with van der Waals surface area (Å²) in [4.78, 5) is 17.1. The van der Waals surface area contributed by atoms with Crippen LogP contribution >= 0.6 is 0 Å². The minimum atomic E-state index is -3.69. The van der Waals surface area contributed by atoms with Gasteiger partial charge in [0.25, 0.3) is 0 Å². The van der Waals surface area contributed by atoms with Crippen LogP contribution in [0.15, 0.2) is 18.2 Å². The number of nitrogens with zero attached hydrogens (tertiary/aromatic N) is 2. The molecular weight excluding hydrogens is 416 g/mol. The Bertz CT molecular complexity index is 844. The first-order chi connectivity index (χ1) is 14.9. The van der Waals surface area contributed by atoms with Crippen molar-refractivity contribution in [2.24, 2.45) is 5.92 Å². The van der Waals surface area contributed by atoms with E-state index in [4.69, 9.17) is 8.92 Å². The van der Waals surface area contributed by atoms with Crippen LogP contribution in [0.1, 0.15) is 58.4 Å². The molecule has 7 nitrogen and oxygen atoms in total. The first-order valence-corrected chi connectivity index (χ1v) is 13.1. The Labute approximate surface area is 186 Å². The van der Waals surface area contributed by atoms with Crippen LogP contribution in [0.25, 0.3) is 0 Å². The summed E-state index contributed by atoms with van der Waals surface area (Å²) >= 11 is 0. The Hall–Kier alpha value is -1.80. The average molecular weight is 453 g/mol. The van der Waals surface area contributed by atoms with Crippen LogP contribution in [-0.4, -0.2) is 57.3 Å². The predicted molar refractivity (Wildman–Crippen MR) is 122 cm³/mol. The van der Waals surface area contributed by atoms with Crippen molar-refractivity contribution in [3.8, 4) is 5.75 Å². The summed E-state index contributed by atoms with van der Waals surface area (Å²) in [5.41, 5.74) is 1.62. The van der Waals surface area contributed by atoms with Gasteiger partial charge in [-0.25, -0.2) is 0 Å². The zero-order valence-electron chi connectivity index (χ0n) is 19.0. The van der Waals surface area contributed by atoms with Crippen molar-refractivity contribution < 1.29 is 22.1 Å². The van der Waals surface area contributed by atoms with E-state index in [0.29, 0.717) is 24.4 Å². The molecule has 1 aromatic rings. The Morgan fingerprint density at radius 2 is 1.87 bits per heavy atom. The molecule has 1 aromatic carbocycles. The second-order valence-corrected chi connectivity index (χ2v) is 10.2. The molecule has 2 aliphatic rings. The third-order valence-corrected chi connectivity index (χ3v) is 7.47. The Morgan fingerprint density at radius 3 is 2.42 bits per heavy atom. The standard InChI is InChI=1S/C23H36N2O5S/c1-4-24(5-2)20-13-12-19(22(15-20)30-31(27,28)6-3)16-25(17-21-11-8-14-29-21)23(26)18-9-7-10-18/h12-13,15,18,21H,4-11,14,16-17H2,1-3H3/t21-/m1/s1. The molecule has 1 saturated heterocycles. The molecule has 174 valence electrons. The highest BCUT2D eigenvalue weighted by Gasteiger charge is 2.32. The van der Waals surface area contributed by atoms with Crippen LogP contribution in [0.5, 0.6) is 5.75 Å². The predicted octanol–water partition coefficient (Wildman–Crippen LogP) is 3.57. The topological polar surface area (TPSA) is 76.2 Å². The molecule has 0 radical (unpaired) electrons. The molecule has 1 atom stereocenters.